The Labute approximate surface area is 136 Å². The van der Waals surface area contributed by atoms with Gasteiger partial charge in [-0.2, -0.15) is 0 Å². The number of sulfonamides is 1. The second-order valence-corrected chi connectivity index (χ2v) is 7.96. The van der Waals surface area contributed by atoms with Crippen LogP contribution in [0.4, 0.5) is 0 Å². The molecule has 0 radical (unpaired) electrons. The highest BCUT2D eigenvalue weighted by atomic mass is 32.2. The molecule has 0 aliphatic carbocycles. The predicted octanol–water partition coefficient (Wildman–Crippen LogP) is 1.57. The molecule has 0 bridgehead atoms. The molecule has 0 spiro atoms. The van der Waals surface area contributed by atoms with Gasteiger partial charge in [-0.1, -0.05) is 0 Å². The third kappa shape index (κ3) is 3.00. The molecule has 1 aliphatic rings. The molecule has 3 N–H and O–H groups in total. The van der Waals surface area contributed by atoms with Gasteiger partial charge in [0.1, 0.15) is 11.4 Å². The molecule has 1 heterocycles. The summed E-state index contributed by atoms with van der Waals surface area (Å²) in [5.41, 5.74) is 4.38. The number of aliphatic imine (C=N–C) groups is 1. The van der Waals surface area contributed by atoms with Gasteiger partial charge in [0.05, 0.1) is 4.90 Å². The number of ether oxygens (including phenoxy) is 1. The van der Waals surface area contributed by atoms with Gasteiger partial charge in [0.15, 0.2) is 0 Å². The van der Waals surface area contributed by atoms with Crippen LogP contribution in [0.25, 0.3) is 0 Å². The first-order chi connectivity index (χ1) is 10.5. The Balaban J connectivity index is 2.65. The smallest absolute Gasteiger partial charge is 0.264 e. The van der Waals surface area contributed by atoms with E-state index in [2.05, 4.69) is 9.71 Å². The number of guanidine groups is 1. The minimum absolute atomic E-state index is 0.200. The zero-order valence-electron chi connectivity index (χ0n) is 14.2. The molecule has 0 aromatic heterocycles. The summed E-state index contributed by atoms with van der Waals surface area (Å²) >= 11 is 0. The van der Waals surface area contributed by atoms with E-state index in [-0.39, 0.29) is 16.5 Å². The second-order valence-electron chi connectivity index (χ2n) is 6.34. The molecule has 23 heavy (non-hydrogen) atoms. The van der Waals surface area contributed by atoms with E-state index in [1.807, 2.05) is 20.8 Å². The topological polar surface area (TPSA) is 100 Å². The Hall–Kier alpha value is -1.80. The van der Waals surface area contributed by atoms with Crippen molar-refractivity contribution in [2.24, 2.45) is 4.99 Å². The Morgan fingerprint density at radius 1 is 1.22 bits per heavy atom. The quantitative estimate of drug-likeness (QED) is 0.431. The van der Waals surface area contributed by atoms with Crippen molar-refractivity contribution in [3.63, 3.8) is 0 Å². The van der Waals surface area contributed by atoms with E-state index in [9.17, 15) is 8.42 Å². The summed E-state index contributed by atoms with van der Waals surface area (Å²) in [6, 6.07) is 0. The monoisotopic (exact) mass is 341 g/mol. The van der Waals surface area contributed by atoms with Crippen LogP contribution in [0.15, 0.2) is 9.89 Å². The molecule has 8 heteroatoms. The van der Waals surface area contributed by atoms with Crippen LogP contribution >= 0.6 is 0 Å². The fourth-order valence-electron chi connectivity index (χ4n) is 2.94. The van der Waals surface area contributed by atoms with E-state index in [0.29, 0.717) is 17.5 Å². The molecule has 2 rings (SSSR count). The molecule has 1 aromatic carbocycles. The van der Waals surface area contributed by atoms with Crippen molar-refractivity contribution in [1.29, 1.82) is 0 Å². The molecule has 0 atom stereocenters. The summed E-state index contributed by atoms with van der Waals surface area (Å²) in [4.78, 5) is 3.84. The lowest BCUT2D eigenvalue weighted by atomic mass is 9.94. The molecule has 0 saturated heterocycles. The van der Waals surface area contributed by atoms with Crippen LogP contribution in [0.1, 0.15) is 36.1 Å². The van der Waals surface area contributed by atoms with E-state index >= 15 is 0 Å². The van der Waals surface area contributed by atoms with Gasteiger partial charge in [0.2, 0.25) is 5.96 Å². The van der Waals surface area contributed by atoms with Gasteiger partial charge in [-0.15, -0.1) is 0 Å². The van der Waals surface area contributed by atoms with E-state index in [1.54, 1.807) is 19.3 Å². The number of rotatable bonds is 2. The lowest BCUT2D eigenvalue weighted by Crippen LogP contribution is -2.39. The first-order valence-electron chi connectivity index (χ1n) is 7.25. The van der Waals surface area contributed by atoms with Gasteiger partial charge >= 0.3 is 0 Å². The first-order valence-corrected chi connectivity index (χ1v) is 8.73. The largest absolute Gasteiger partial charge is 0.487 e. The zero-order valence-corrected chi connectivity index (χ0v) is 15.1. The highest BCUT2D eigenvalue weighted by Gasteiger charge is 2.36. The summed E-state index contributed by atoms with van der Waals surface area (Å²) < 4.78 is 33.7. The molecule has 1 aliphatic heterocycles. The maximum Gasteiger partial charge on any atom is 0.264 e. The van der Waals surface area contributed by atoms with Crippen molar-refractivity contribution in [3.8, 4) is 5.75 Å². The van der Waals surface area contributed by atoms with E-state index in [1.165, 1.54) is 7.05 Å². The van der Waals surface area contributed by atoms with Gasteiger partial charge < -0.3 is 4.74 Å². The fourth-order valence-corrected chi connectivity index (χ4v) is 4.52. The van der Waals surface area contributed by atoms with Crippen LogP contribution in [0, 0.1) is 20.8 Å². The molecule has 0 unspecified atom stereocenters. The number of nitrogens with zero attached hydrogens (tertiary/aromatic N) is 1. The molecule has 0 amide bonds. The third-order valence-corrected chi connectivity index (χ3v) is 5.73. The molecule has 0 saturated carbocycles. The highest BCUT2D eigenvalue weighted by Crippen LogP contribution is 2.43. The minimum atomic E-state index is -3.89. The zero-order chi connectivity index (χ0) is 17.6. The van der Waals surface area contributed by atoms with Gasteiger partial charge in [-0.05, 0) is 51.3 Å². The van der Waals surface area contributed by atoms with Crippen LogP contribution in [0.5, 0.6) is 5.75 Å². The normalized spacial score (nSPS) is 16.7. The van der Waals surface area contributed by atoms with Crippen LogP contribution in [0.3, 0.4) is 0 Å². The standard InChI is InChI=1S/C15H23N3O4S/c1-8-9(2)13(23(20,21)18-14(16-6)17-19)10(3)11-7-15(4,5)22-12(8)11/h19H,7H2,1-6H3,(H2,16,17,18). The lowest BCUT2D eigenvalue weighted by Gasteiger charge is -2.19. The first kappa shape index (κ1) is 17.6. The Bertz CT molecular complexity index is 783. The molecule has 128 valence electrons. The molecular weight excluding hydrogens is 318 g/mol. The summed E-state index contributed by atoms with van der Waals surface area (Å²) in [5.74, 6) is 0.534. The number of hydroxylamine groups is 1. The van der Waals surface area contributed by atoms with Crippen molar-refractivity contribution in [2.45, 2.75) is 51.5 Å². The number of hydrogen-bond acceptors (Lipinski definition) is 5. The Kier molecular flexibility index (Phi) is 4.34. The third-order valence-electron chi connectivity index (χ3n) is 4.12. The Morgan fingerprint density at radius 3 is 2.35 bits per heavy atom. The van der Waals surface area contributed by atoms with Crippen molar-refractivity contribution in [3.05, 3.63) is 22.3 Å². The van der Waals surface area contributed by atoms with Crippen molar-refractivity contribution in [1.82, 2.24) is 10.2 Å². The fraction of sp³-hybridized carbons (Fsp3) is 0.533. The second kappa shape index (κ2) is 5.68. The number of fused-ring (bicyclic) bond motifs is 1. The van der Waals surface area contributed by atoms with Crippen molar-refractivity contribution >= 4 is 16.0 Å². The van der Waals surface area contributed by atoms with Gasteiger partial charge in [0.25, 0.3) is 10.0 Å². The van der Waals surface area contributed by atoms with Gasteiger partial charge in [-0.25, -0.2) is 18.6 Å². The average molecular weight is 341 g/mol. The summed E-state index contributed by atoms with van der Waals surface area (Å²) in [6.07, 6.45) is 0.644. The summed E-state index contributed by atoms with van der Waals surface area (Å²) in [7, 11) is -2.52. The highest BCUT2D eigenvalue weighted by molar-refractivity contribution is 7.90. The molecule has 7 nitrogen and oxygen atoms in total. The van der Waals surface area contributed by atoms with Gasteiger partial charge in [-0.3, -0.25) is 10.2 Å². The number of nitrogens with one attached hydrogen (secondary N) is 2. The van der Waals surface area contributed by atoms with Crippen molar-refractivity contribution < 1.29 is 18.4 Å². The maximum absolute atomic E-state index is 12.7. The average Bonchev–Trinajstić information content (AvgIpc) is 2.78. The summed E-state index contributed by atoms with van der Waals surface area (Å²) in [6.45, 7) is 9.34. The molecule has 1 aromatic rings. The number of benzene rings is 1. The SMILES string of the molecule is CN=C(NO)NS(=O)(=O)c1c(C)c(C)c2c(c1C)CC(C)(C)O2. The van der Waals surface area contributed by atoms with Crippen LogP contribution in [-0.2, 0) is 16.4 Å². The predicted molar refractivity (Wildman–Crippen MR) is 87.7 cm³/mol. The van der Waals surface area contributed by atoms with Crippen LogP contribution < -0.4 is 14.9 Å². The maximum atomic E-state index is 12.7. The van der Waals surface area contributed by atoms with Crippen molar-refractivity contribution in [2.75, 3.05) is 7.05 Å². The van der Waals surface area contributed by atoms with E-state index in [0.717, 1.165) is 16.9 Å². The Morgan fingerprint density at radius 2 is 1.83 bits per heavy atom. The van der Waals surface area contributed by atoms with Crippen LogP contribution in [0.2, 0.25) is 0 Å². The number of hydrogen-bond donors (Lipinski definition) is 3. The van der Waals surface area contributed by atoms with Gasteiger partial charge in [0, 0.05) is 19.0 Å². The minimum Gasteiger partial charge on any atom is -0.487 e. The molecular formula is C15H23N3O4S. The summed E-state index contributed by atoms with van der Waals surface area (Å²) in [5, 5.41) is 8.93. The van der Waals surface area contributed by atoms with E-state index in [4.69, 9.17) is 9.94 Å². The van der Waals surface area contributed by atoms with E-state index < -0.39 is 10.0 Å². The van der Waals surface area contributed by atoms with Crippen LogP contribution in [-0.4, -0.2) is 32.2 Å². The lowest BCUT2D eigenvalue weighted by molar-refractivity contribution is 0.137. The molecule has 0 fully saturated rings.